The van der Waals surface area contributed by atoms with Crippen molar-refractivity contribution in [1.82, 2.24) is 4.90 Å². The fraction of sp³-hybridized carbons (Fsp3) is 0.857. The van der Waals surface area contributed by atoms with Gasteiger partial charge in [0, 0.05) is 13.0 Å². The first kappa shape index (κ1) is 8.29. The minimum atomic E-state index is -0.537. The molecule has 0 saturated carbocycles. The maximum atomic E-state index is 10.8. The average molecular weight is 192 g/mol. The minimum Gasteiger partial charge on any atom is -0.346 e. The van der Waals surface area contributed by atoms with Gasteiger partial charge in [-0.15, -0.1) is 0 Å². The van der Waals surface area contributed by atoms with Crippen molar-refractivity contribution >= 4 is 17.0 Å². The Balaban J connectivity index is 2.01. The molecule has 0 radical (unpaired) electrons. The number of likely N-dealkylation sites (tertiary alicyclic amines) is 1. The van der Waals surface area contributed by atoms with E-state index in [0.29, 0.717) is 26.3 Å². The Morgan fingerprint density at radius 3 is 2.58 bits per heavy atom. The Bertz CT molecular complexity index is 203. The van der Waals surface area contributed by atoms with Crippen molar-refractivity contribution in [2.45, 2.75) is 12.2 Å². The van der Waals surface area contributed by atoms with Crippen LogP contribution in [0.4, 0.5) is 4.79 Å². The topological polar surface area (TPSA) is 38.8 Å². The summed E-state index contributed by atoms with van der Waals surface area (Å²) in [7, 11) is 0. The van der Waals surface area contributed by atoms with Crippen molar-refractivity contribution in [3.63, 3.8) is 0 Å². The normalized spacial score (nSPS) is 26.9. The van der Waals surface area contributed by atoms with E-state index in [1.54, 1.807) is 0 Å². The zero-order valence-electron chi connectivity index (χ0n) is 6.59. The smallest absolute Gasteiger partial charge is 0.316 e. The van der Waals surface area contributed by atoms with Gasteiger partial charge in [-0.05, 0) is 11.6 Å². The highest BCUT2D eigenvalue weighted by Gasteiger charge is 2.44. The number of ether oxygens (including phenoxy) is 2. The molecule has 2 heterocycles. The second-order valence-corrected chi connectivity index (χ2v) is 3.36. The van der Waals surface area contributed by atoms with Gasteiger partial charge in [0.25, 0.3) is 0 Å². The lowest BCUT2D eigenvalue weighted by molar-refractivity contribution is -0.143. The first-order valence-electron chi connectivity index (χ1n) is 3.94. The molecule has 0 aromatic heterocycles. The number of carbonyl (C=O) groups is 1. The van der Waals surface area contributed by atoms with Crippen molar-refractivity contribution in [3.05, 3.63) is 0 Å². The van der Waals surface area contributed by atoms with E-state index in [0.717, 1.165) is 6.42 Å². The van der Waals surface area contributed by atoms with Gasteiger partial charge in [-0.3, -0.25) is 4.79 Å². The third-order valence-electron chi connectivity index (χ3n) is 2.26. The minimum absolute atomic E-state index is 0.425. The Kier molecular flexibility index (Phi) is 1.98. The molecule has 68 valence electrons. The SMILES string of the molecule is O=C(Cl)N1CCC2(C1)OCCO2. The molecule has 2 aliphatic heterocycles. The lowest BCUT2D eigenvalue weighted by atomic mass is 10.2. The number of hydrogen-bond acceptors (Lipinski definition) is 3. The van der Waals surface area contributed by atoms with E-state index in [9.17, 15) is 4.79 Å². The summed E-state index contributed by atoms with van der Waals surface area (Å²) in [5.41, 5.74) is 0. The van der Waals surface area contributed by atoms with Gasteiger partial charge in [0.1, 0.15) is 0 Å². The molecule has 2 saturated heterocycles. The third-order valence-corrected chi connectivity index (χ3v) is 2.50. The zero-order valence-corrected chi connectivity index (χ0v) is 7.34. The summed E-state index contributed by atoms with van der Waals surface area (Å²) in [6, 6.07) is 0. The monoisotopic (exact) mass is 191 g/mol. The molecule has 4 nitrogen and oxygen atoms in total. The largest absolute Gasteiger partial charge is 0.346 e. The molecule has 1 spiro atoms. The van der Waals surface area contributed by atoms with Crippen molar-refractivity contribution in [2.75, 3.05) is 26.3 Å². The van der Waals surface area contributed by atoms with Crippen LogP contribution in [0.2, 0.25) is 0 Å². The molecule has 1 amide bonds. The third kappa shape index (κ3) is 1.30. The summed E-state index contributed by atoms with van der Waals surface area (Å²) in [6.07, 6.45) is 0.728. The van der Waals surface area contributed by atoms with Crippen molar-refractivity contribution in [1.29, 1.82) is 0 Å². The highest BCUT2D eigenvalue weighted by Crippen LogP contribution is 2.30. The summed E-state index contributed by atoms with van der Waals surface area (Å²) in [5, 5.41) is -0.425. The van der Waals surface area contributed by atoms with Gasteiger partial charge < -0.3 is 14.4 Å². The summed E-state index contributed by atoms with van der Waals surface area (Å²) in [6.45, 7) is 2.33. The molecule has 12 heavy (non-hydrogen) atoms. The van der Waals surface area contributed by atoms with Gasteiger partial charge in [-0.2, -0.15) is 0 Å². The quantitative estimate of drug-likeness (QED) is 0.420. The Morgan fingerprint density at radius 2 is 2.08 bits per heavy atom. The maximum absolute atomic E-state index is 10.8. The van der Waals surface area contributed by atoms with E-state index in [2.05, 4.69) is 0 Å². The fourth-order valence-electron chi connectivity index (χ4n) is 1.64. The summed E-state index contributed by atoms with van der Waals surface area (Å²) in [5.74, 6) is -0.537. The second-order valence-electron chi connectivity index (χ2n) is 3.03. The molecule has 2 aliphatic rings. The molecule has 0 atom stereocenters. The molecule has 5 heteroatoms. The summed E-state index contributed by atoms with van der Waals surface area (Å²) < 4.78 is 10.8. The predicted molar refractivity (Wildman–Crippen MR) is 42.1 cm³/mol. The van der Waals surface area contributed by atoms with Crippen LogP contribution >= 0.6 is 11.6 Å². The van der Waals surface area contributed by atoms with Crippen LogP contribution in [0.1, 0.15) is 6.42 Å². The standard InChI is InChI=1S/C7H10ClNO3/c8-6(10)9-2-1-7(5-9)11-3-4-12-7/h1-5H2. The molecular formula is C7H10ClNO3. The highest BCUT2D eigenvalue weighted by atomic mass is 35.5. The maximum Gasteiger partial charge on any atom is 0.316 e. The van der Waals surface area contributed by atoms with Gasteiger partial charge in [0.2, 0.25) is 0 Å². The van der Waals surface area contributed by atoms with Gasteiger partial charge in [0.05, 0.1) is 19.8 Å². The van der Waals surface area contributed by atoms with E-state index in [-0.39, 0.29) is 0 Å². The molecule has 0 aromatic rings. The number of amides is 1. The summed E-state index contributed by atoms with van der Waals surface area (Å²) in [4.78, 5) is 12.3. The van der Waals surface area contributed by atoms with Gasteiger partial charge in [0.15, 0.2) is 5.79 Å². The molecule has 2 rings (SSSR count). The lowest BCUT2D eigenvalue weighted by Crippen LogP contribution is -2.35. The van der Waals surface area contributed by atoms with E-state index in [4.69, 9.17) is 21.1 Å². The lowest BCUT2D eigenvalue weighted by Gasteiger charge is -2.20. The molecule has 0 N–H and O–H groups in total. The zero-order chi connectivity index (χ0) is 8.60. The van der Waals surface area contributed by atoms with Crippen LogP contribution in [0.5, 0.6) is 0 Å². The average Bonchev–Trinajstić information content (AvgIpc) is 2.62. The van der Waals surface area contributed by atoms with E-state index in [1.165, 1.54) is 4.90 Å². The first-order valence-corrected chi connectivity index (χ1v) is 4.32. The van der Waals surface area contributed by atoms with Gasteiger partial charge in [-0.25, -0.2) is 0 Å². The number of hydrogen-bond donors (Lipinski definition) is 0. The van der Waals surface area contributed by atoms with E-state index in [1.807, 2.05) is 0 Å². The van der Waals surface area contributed by atoms with Crippen molar-refractivity contribution < 1.29 is 14.3 Å². The Hall–Kier alpha value is -0.320. The fourth-order valence-corrected chi connectivity index (χ4v) is 1.78. The van der Waals surface area contributed by atoms with Crippen LogP contribution in [-0.4, -0.2) is 42.4 Å². The Labute approximate surface area is 75.4 Å². The molecule has 0 bridgehead atoms. The van der Waals surface area contributed by atoms with Crippen LogP contribution in [0.25, 0.3) is 0 Å². The predicted octanol–water partition coefficient (Wildman–Crippen LogP) is 0.794. The molecule has 2 fully saturated rings. The van der Waals surface area contributed by atoms with Gasteiger partial charge >= 0.3 is 5.37 Å². The van der Waals surface area contributed by atoms with Crippen LogP contribution in [-0.2, 0) is 9.47 Å². The van der Waals surface area contributed by atoms with Crippen LogP contribution < -0.4 is 0 Å². The van der Waals surface area contributed by atoms with Crippen LogP contribution in [0, 0.1) is 0 Å². The molecule has 0 aliphatic carbocycles. The Morgan fingerprint density at radius 1 is 1.42 bits per heavy atom. The number of nitrogens with zero attached hydrogens (tertiary/aromatic N) is 1. The first-order chi connectivity index (χ1) is 5.72. The highest BCUT2D eigenvalue weighted by molar-refractivity contribution is 6.62. The summed E-state index contributed by atoms with van der Waals surface area (Å²) >= 11 is 5.32. The van der Waals surface area contributed by atoms with Crippen molar-refractivity contribution in [2.24, 2.45) is 0 Å². The number of halogens is 1. The van der Waals surface area contributed by atoms with Crippen molar-refractivity contribution in [3.8, 4) is 0 Å². The number of carbonyl (C=O) groups excluding carboxylic acids is 1. The van der Waals surface area contributed by atoms with Crippen LogP contribution in [0.3, 0.4) is 0 Å². The molecular weight excluding hydrogens is 182 g/mol. The molecule has 0 unspecified atom stereocenters. The second kappa shape index (κ2) is 2.87. The number of rotatable bonds is 0. The van der Waals surface area contributed by atoms with E-state index < -0.39 is 11.2 Å². The molecule has 0 aromatic carbocycles. The van der Waals surface area contributed by atoms with E-state index >= 15 is 0 Å². The van der Waals surface area contributed by atoms with Crippen LogP contribution in [0.15, 0.2) is 0 Å². The van der Waals surface area contributed by atoms with Gasteiger partial charge in [-0.1, -0.05) is 0 Å².